The normalized spacial score (nSPS) is 35.5. The van der Waals surface area contributed by atoms with E-state index in [4.69, 9.17) is 10.2 Å². The van der Waals surface area contributed by atoms with Crippen LogP contribution in [0, 0.1) is 46.3 Å². The van der Waals surface area contributed by atoms with Crippen LogP contribution in [0.5, 0.6) is 0 Å². The topological polar surface area (TPSA) is 94.8 Å². The summed E-state index contributed by atoms with van der Waals surface area (Å²) in [7, 11) is 0. The molecule has 4 aliphatic carbocycles. The number of allylic oxidation sites excluding steroid dienone is 1. The number of carboxylic acid groups (broad SMARTS) is 2. The first kappa shape index (κ1) is 33.1. The zero-order valence-electron chi connectivity index (χ0n) is 26.3. The Kier molecular flexibility index (Phi) is 12.2. The van der Waals surface area contributed by atoms with Gasteiger partial charge in [-0.1, -0.05) is 78.4 Å². The van der Waals surface area contributed by atoms with Gasteiger partial charge in [-0.3, -0.25) is 9.59 Å². The highest BCUT2D eigenvalue weighted by atomic mass is 16.4. The predicted molar refractivity (Wildman–Crippen MR) is 162 cm³/mol. The molecular weight excluding hydrogens is 500 g/mol. The van der Waals surface area contributed by atoms with E-state index in [-0.39, 0.29) is 18.9 Å². The number of carbonyl (C=O) groups is 2. The van der Waals surface area contributed by atoms with E-state index < -0.39 is 11.9 Å². The number of hydrogen-bond donors (Lipinski definition) is 3. The molecule has 3 saturated carbocycles. The van der Waals surface area contributed by atoms with Gasteiger partial charge in [0, 0.05) is 12.8 Å². The quantitative estimate of drug-likeness (QED) is 0.164. The van der Waals surface area contributed by atoms with Crippen molar-refractivity contribution in [3.05, 3.63) is 11.6 Å². The minimum absolute atomic E-state index is 0.0766. The molecule has 0 radical (unpaired) electrons. The van der Waals surface area contributed by atoms with E-state index in [0.29, 0.717) is 23.7 Å². The smallest absolute Gasteiger partial charge is 0.303 e. The third-order valence-electron chi connectivity index (χ3n) is 11.8. The summed E-state index contributed by atoms with van der Waals surface area (Å²) < 4.78 is 0. The molecule has 4 aliphatic rings. The van der Waals surface area contributed by atoms with E-state index in [1.54, 1.807) is 5.57 Å². The van der Waals surface area contributed by atoms with Crippen LogP contribution in [-0.2, 0) is 9.59 Å². The molecule has 0 aliphatic heterocycles. The van der Waals surface area contributed by atoms with Crippen molar-refractivity contribution in [1.29, 1.82) is 0 Å². The highest BCUT2D eigenvalue weighted by molar-refractivity contribution is 5.66. The van der Waals surface area contributed by atoms with Crippen molar-refractivity contribution in [2.24, 2.45) is 46.3 Å². The number of aliphatic carboxylic acids is 2. The second kappa shape index (κ2) is 14.7. The van der Waals surface area contributed by atoms with Crippen LogP contribution >= 0.6 is 0 Å². The highest BCUT2D eigenvalue weighted by Crippen LogP contribution is 2.67. The minimum atomic E-state index is -0.784. The number of aliphatic hydroxyl groups is 1. The van der Waals surface area contributed by atoms with E-state index in [1.165, 1.54) is 57.8 Å². The Bertz CT molecular complexity index is 846. The first-order valence-electron chi connectivity index (χ1n) is 16.7. The lowest BCUT2D eigenvalue weighted by Crippen LogP contribution is -2.50. The molecule has 0 aromatic heterocycles. The summed E-state index contributed by atoms with van der Waals surface area (Å²) in [6.45, 7) is 12.6. The largest absolute Gasteiger partial charge is 0.481 e. The van der Waals surface area contributed by atoms with Crippen LogP contribution in [-0.4, -0.2) is 33.4 Å². The van der Waals surface area contributed by atoms with Gasteiger partial charge in [0.25, 0.3) is 0 Å². The fourth-order valence-corrected chi connectivity index (χ4v) is 9.57. The summed E-state index contributed by atoms with van der Waals surface area (Å²) in [5.41, 5.74) is 2.60. The first-order chi connectivity index (χ1) is 18.9. The van der Waals surface area contributed by atoms with Gasteiger partial charge in [0.05, 0.1) is 6.10 Å². The number of carboxylic acids is 2. The van der Waals surface area contributed by atoms with Gasteiger partial charge in [-0.15, -0.1) is 0 Å². The molecule has 5 heteroatoms. The maximum absolute atomic E-state index is 10.2. The fraction of sp³-hybridized carbons (Fsp3) is 0.886. The van der Waals surface area contributed by atoms with E-state index in [2.05, 4.69) is 40.7 Å². The number of hydrogen-bond acceptors (Lipinski definition) is 3. The Hall–Kier alpha value is -1.36. The molecule has 3 N–H and O–H groups in total. The molecule has 40 heavy (non-hydrogen) atoms. The van der Waals surface area contributed by atoms with Gasteiger partial charge in [-0.05, 0) is 111 Å². The van der Waals surface area contributed by atoms with Crippen LogP contribution in [0.25, 0.3) is 0 Å². The van der Waals surface area contributed by atoms with Crippen LogP contribution in [0.15, 0.2) is 11.6 Å². The maximum Gasteiger partial charge on any atom is 0.303 e. The van der Waals surface area contributed by atoms with Crippen LogP contribution in [0.3, 0.4) is 0 Å². The van der Waals surface area contributed by atoms with Gasteiger partial charge in [-0.2, -0.15) is 0 Å². The summed E-state index contributed by atoms with van der Waals surface area (Å²) in [6.07, 6.45) is 20.4. The summed E-state index contributed by atoms with van der Waals surface area (Å²) in [6, 6.07) is 0. The van der Waals surface area contributed by atoms with Crippen molar-refractivity contribution in [3.63, 3.8) is 0 Å². The Labute approximate surface area is 244 Å². The average Bonchev–Trinajstić information content (AvgIpc) is 3.23. The molecule has 0 aromatic rings. The van der Waals surface area contributed by atoms with Gasteiger partial charge < -0.3 is 15.3 Å². The Balaban J connectivity index is 0.000000312. The molecule has 5 nitrogen and oxygen atoms in total. The average molecular weight is 561 g/mol. The number of unbranched alkanes of at least 4 members (excludes halogenated alkanes) is 3. The van der Waals surface area contributed by atoms with E-state index in [9.17, 15) is 14.7 Å². The molecule has 0 amide bonds. The second-order valence-corrected chi connectivity index (χ2v) is 14.9. The summed E-state index contributed by atoms with van der Waals surface area (Å²) in [4.78, 5) is 20.1. The van der Waals surface area contributed by atoms with Crippen LogP contribution in [0.2, 0.25) is 0 Å². The van der Waals surface area contributed by atoms with E-state index in [1.807, 2.05) is 0 Å². The van der Waals surface area contributed by atoms with Crippen molar-refractivity contribution in [2.45, 2.75) is 150 Å². The Morgan fingerprint density at radius 2 is 1.50 bits per heavy atom. The standard InChI is InChI=1S/C27H46O.C8H14O4/c1-18(2)7-6-8-19(3)23-11-12-24-22-10-9-20-17-21(28)13-15-26(20,4)25(22)14-16-27(23,24)5;9-7(10)5-3-1-2-4-6-8(11)12/h9,18-19,21-25,28H,6-8,10-17H2,1-5H3;1-6H2,(H,9,10)(H,11,12)/t19?,21-,22-,23+,24-,25-,26-,27+;/m0./s1. The third-order valence-corrected chi connectivity index (χ3v) is 11.8. The second-order valence-electron chi connectivity index (χ2n) is 14.9. The van der Waals surface area contributed by atoms with Gasteiger partial charge >= 0.3 is 11.9 Å². The van der Waals surface area contributed by atoms with Gasteiger partial charge in [0.15, 0.2) is 0 Å². The van der Waals surface area contributed by atoms with Crippen molar-refractivity contribution < 1.29 is 24.9 Å². The van der Waals surface area contributed by atoms with Gasteiger partial charge in [0.1, 0.15) is 0 Å². The monoisotopic (exact) mass is 560 g/mol. The molecule has 0 bridgehead atoms. The Morgan fingerprint density at radius 3 is 2.10 bits per heavy atom. The molecule has 0 aromatic carbocycles. The first-order valence-corrected chi connectivity index (χ1v) is 16.7. The van der Waals surface area contributed by atoms with Gasteiger partial charge in [0.2, 0.25) is 0 Å². The molecule has 4 rings (SSSR count). The summed E-state index contributed by atoms with van der Waals surface area (Å²) in [5, 5.41) is 26.7. The summed E-state index contributed by atoms with van der Waals surface area (Å²) in [5.74, 6) is 3.89. The fourth-order valence-electron chi connectivity index (χ4n) is 9.57. The molecule has 0 heterocycles. The zero-order chi connectivity index (χ0) is 29.5. The van der Waals surface area contributed by atoms with Crippen molar-refractivity contribution in [1.82, 2.24) is 0 Å². The molecule has 8 atom stereocenters. The summed E-state index contributed by atoms with van der Waals surface area (Å²) >= 11 is 0. The molecule has 0 saturated heterocycles. The van der Waals surface area contributed by atoms with Crippen molar-refractivity contribution in [3.8, 4) is 0 Å². The van der Waals surface area contributed by atoms with Crippen LogP contribution in [0.1, 0.15) is 144 Å². The number of aliphatic hydroxyl groups excluding tert-OH is 1. The van der Waals surface area contributed by atoms with Crippen LogP contribution < -0.4 is 0 Å². The van der Waals surface area contributed by atoms with Gasteiger partial charge in [-0.25, -0.2) is 0 Å². The van der Waals surface area contributed by atoms with Crippen LogP contribution in [0.4, 0.5) is 0 Å². The predicted octanol–water partition coefficient (Wildman–Crippen LogP) is 8.88. The SMILES string of the molecule is CC(C)CCCC(C)[C@H]1CC[C@H]2[C@@H]3CC=C4C[C@@H](O)CC[C@]4(C)[C@H]3CC[C@]12C.O=C(O)CCCCCCC(=O)O. The third kappa shape index (κ3) is 8.13. The molecule has 0 spiro atoms. The highest BCUT2D eigenvalue weighted by Gasteiger charge is 2.59. The van der Waals surface area contributed by atoms with E-state index in [0.717, 1.165) is 61.2 Å². The zero-order valence-corrected chi connectivity index (χ0v) is 26.3. The van der Waals surface area contributed by atoms with Crippen molar-refractivity contribution >= 4 is 11.9 Å². The molecular formula is C35H60O5. The lowest BCUT2D eigenvalue weighted by molar-refractivity contribution is -0.138. The molecule has 230 valence electrons. The lowest BCUT2D eigenvalue weighted by atomic mass is 9.47. The Morgan fingerprint density at radius 1 is 0.850 bits per heavy atom. The number of fused-ring (bicyclic) bond motifs is 5. The molecule has 3 fully saturated rings. The van der Waals surface area contributed by atoms with E-state index >= 15 is 0 Å². The lowest BCUT2D eigenvalue weighted by Gasteiger charge is -2.58. The van der Waals surface area contributed by atoms with Crippen molar-refractivity contribution in [2.75, 3.05) is 0 Å². The molecule has 1 unspecified atom stereocenters. The maximum atomic E-state index is 10.2. The minimum Gasteiger partial charge on any atom is -0.481 e. The number of rotatable bonds is 12.